The zero-order chi connectivity index (χ0) is 10.6. The Bertz CT molecular complexity index is 236. The van der Waals surface area contributed by atoms with Crippen molar-refractivity contribution in [2.75, 3.05) is 0 Å². The maximum Gasteiger partial charge on any atom is 4.00 e. The minimum absolute atomic E-state index is 0. The molecule has 0 amide bonds. The van der Waals surface area contributed by atoms with Crippen molar-refractivity contribution in [1.82, 2.24) is 0 Å². The topological polar surface area (TPSA) is 141 Å². The number of aliphatic carboxylic acids is 3. The standard InChI is InChI=1S/C6H8O7.2Sn/c7-3(8)1-6(13,5(11)12)2-4(9)10;;/h13H,1-2H2,(H,7,8)(H,9,10)(H,11,12);;/q;2*+4/p-3. The van der Waals surface area contributed by atoms with Crippen LogP contribution in [0.5, 0.6) is 0 Å². The molecule has 0 aromatic rings. The van der Waals surface area contributed by atoms with Gasteiger partial charge in [0, 0.05) is 24.8 Å². The van der Waals surface area contributed by atoms with E-state index >= 15 is 0 Å². The van der Waals surface area contributed by atoms with Crippen molar-refractivity contribution < 1.29 is 34.8 Å². The summed E-state index contributed by atoms with van der Waals surface area (Å²) in [6.45, 7) is 0. The average Bonchev–Trinajstić information content (AvgIpc) is 1.82. The SMILES string of the molecule is O=C([O-])CC(O)(CC(=O)[O-])C(=O)[O-].[Sn+4].[Sn+4]. The van der Waals surface area contributed by atoms with Crippen molar-refractivity contribution in [3.63, 3.8) is 0 Å². The van der Waals surface area contributed by atoms with E-state index in [-0.39, 0.29) is 47.8 Å². The van der Waals surface area contributed by atoms with Gasteiger partial charge in [0.05, 0.1) is 5.97 Å². The molecule has 0 aliphatic carbocycles. The van der Waals surface area contributed by atoms with Crippen LogP contribution in [0.3, 0.4) is 0 Å². The van der Waals surface area contributed by atoms with E-state index in [2.05, 4.69) is 0 Å². The molecule has 0 atom stereocenters. The minimum atomic E-state index is -2.97. The van der Waals surface area contributed by atoms with Gasteiger partial charge in [-0.25, -0.2) is 0 Å². The Morgan fingerprint density at radius 3 is 1.33 bits per heavy atom. The number of rotatable bonds is 5. The molecule has 0 bridgehead atoms. The van der Waals surface area contributed by atoms with Crippen LogP contribution in [0, 0.1) is 0 Å². The predicted molar refractivity (Wildman–Crippen MR) is 40.7 cm³/mol. The molecule has 15 heavy (non-hydrogen) atoms. The molecule has 0 unspecified atom stereocenters. The Kier molecular flexibility index (Phi) is 11.1. The van der Waals surface area contributed by atoms with Crippen LogP contribution in [0.2, 0.25) is 0 Å². The van der Waals surface area contributed by atoms with Crippen molar-refractivity contribution >= 4 is 65.7 Å². The van der Waals surface area contributed by atoms with Crippen molar-refractivity contribution in [3.05, 3.63) is 0 Å². The Hall–Kier alpha value is -0.0326. The third kappa shape index (κ3) is 7.85. The van der Waals surface area contributed by atoms with Crippen molar-refractivity contribution in [3.8, 4) is 0 Å². The third-order valence-electron chi connectivity index (χ3n) is 1.25. The first-order valence-electron chi connectivity index (χ1n) is 3.11. The quantitative estimate of drug-likeness (QED) is 0.432. The van der Waals surface area contributed by atoms with Gasteiger partial charge in [0.1, 0.15) is 5.60 Å². The van der Waals surface area contributed by atoms with Crippen LogP contribution in [0.15, 0.2) is 0 Å². The van der Waals surface area contributed by atoms with E-state index in [0.717, 1.165) is 0 Å². The summed E-state index contributed by atoms with van der Waals surface area (Å²) < 4.78 is 0. The Balaban J connectivity index is -0.000000720. The molecule has 0 aliphatic heterocycles. The van der Waals surface area contributed by atoms with Gasteiger partial charge in [0.25, 0.3) is 0 Å². The monoisotopic (exact) mass is 429 g/mol. The number of carboxylic acids is 3. The summed E-state index contributed by atoms with van der Waals surface area (Å²) >= 11 is 0. The number of carboxylic acid groups (broad SMARTS) is 3. The fraction of sp³-hybridized carbons (Fsp3) is 0.500. The van der Waals surface area contributed by atoms with Gasteiger partial charge in [0.15, 0.2) is 0 Å². The molecule has 74 valence electrons. The molecule has 7 nitrogen and oxygen atoms in total. The van der Waals surface area contributed by atoms with Gasteiger partial charge in [-0.15, -0.1) is 0 Å². The van der Waals surface area contributed by atoms with Crippen LogP contribution in [0.1, 0.15) is 12.8 Å². The third-order valence-corrected chi connectivity index (χ3v) is 1.25. The molecule has 0 aliphatic rings. The summed E-state index contributed by atoms with van der Waals surface area (Å²) in [5.74, 6) is -5.98. The summed E-state index contributed by atoms with van der Waals surface area (Å²) in [7, 11) is 0. The number of carbonyl (C=O) groups is 3. The van der Waals surface area contributed by atoms with Crippen LogP contribution in [0.4, 0.5) is 0 Å². The van der Waals surface area contributed by atoms with Crippen molar-refractivity contribution in [2.45, 2.75) is 18.4 Å². The zero-order valence-electron chi connectivity index (χ0n) is 7.31. The van der Waals surface area contributed by atoms with E-state index in [1.165, 1.54) is 0 Å². The summed E-state index contributed by atoms with van der Waals surface area (Å²) in [5, 5.41) is 38.9. The minimum Gasteiger partial charge on any atom is -0.550 e. The van der Waals surface area contributed by atoms with Gasteiger partial charge < -0.3 is 34.8 Å². The van der Waals surface area contributed by atoms with E-state index in [0.29, 0.717) is 0 Å². The molecule has 9 heteroatoms. The zero-order valence-corrected chi connectivity index (χ0v) is 13.0. The number of hydrogen-bond acceptors (Lipinski definition) is 7. The van der Waals surface area contributed by atoms with E-state index < -0.39 is 36.4 Å². The molecule has 0 spiro atoms. The maximum atomic E-state index is 10.1. The predicted octanol–water partition coefficient (Wildman–Crippen LogP) is -6.01. The summed E-state index contributed by atoms with van der Waals surface area (Å²) in [5.41, 5.74) is -2.97. The number of carbonyl (C=O) groups excluding carboxylic acids is 3. The second-order valence-corrected chi connectivity index (χ2v) is 2.42. The van der Waals surface area contributed by atoms with Crippen LogP contribution in [-0.2, 0) is 14.4 Å². The second-order valence-electron chi connectivity index (χ2n) is 2.42. The van der Waals surface area contributed by atoms with E-state index in [1.807, 2.05) is 0 Å². The molecule has 0 rings (SSSR count). The van der Waals surface area contributed by atoms with Crippen molar-refractivity contribution in [1.29, 1.82) is 0 Å². The molecule has 0 heterocycles. The maximum absolute atomic E-state index is 10.1. The molecule has 0 saturated heterocycles. The Morgan fingerprint density at radius 1 is 0.933 bits per heavy atom. The van der Waals surface area contributed by atoms with Crippen LogP contribution < -0.4 is 15.3 Å². The molecule has 1 N–H and O–H groups in total. The van der Waals surface area contributed by atoms with E-state index in [1.54, 1.807) is 0 Å². The van der Waals surface area contributed by atoms with Gasteiger partial charge in [-0.1, -0.05) is 0 Å². The summed E-state index contributed by atoms with van der Waals surface area (Å²) in [4.78, 5) is 30.0. The molecule has 0 radical (unpaired) electrons. The normalized spacial score (nSPS) is 9.40. The fourth-order valence-corrected chi connectivity index (χ4v) is 0.684. The van der Waals surface area contributed by atoms with Gasteiger partial charge in [-0.05, 0) is 0 Å². The Morgan fingerprint density at radius 2 is 1.20 bits per heavy atom. The first-order valence-corrected chi connectivity index (χ1v) is 3.11. The summed E-state index contributed by atoms with van der Waals surface area (Å²) in [6.07, 6.45) is -2.72. The smallest absolute Gasteiger partial charge is 0.550 e. The largest absolute Gasteiger partial charge is 4.00 e. The van der Waals surface area contributed by atoms with Crippen molar-refractivity contribution in [2.24, 2.45) is 0 Å². The van der Waals surface area contributed by atoms with Gasteiger partial charge in [0.2, 0.25) is 0 Å². The second kappa shape index (κ2) is 8.16. The first-order chi connectivity index (χ1) is 5.78. The van der Waals surface area contributed by atoms with Crippen LogP contribution in [0.25, 0.3) is 0 Å². The van der Waals surface area contributed by atoms with Crippen LogP contribution in [-0.4, -0.2) is 76.4 Å². The molecule has 0 aromatic heterocycles. The molecule has 0 saturated carbocycles. The summed E-state index contributed by atoms with van der Waals surface area (Å²) in [6, 6.07) is 0. The van der Waals surface area contributed by atoms with E-state index in [4.69, 9.17) is 5.11 Å². The molecular formula is C6H5O7Sn2+5. The molecule has 0 fully saturated rings. The van der Waals surface area contributed by atoms with E-state index in [9.17, 15) is 29.7 Å². The number of hydrogen-bond donors (Lipinski definition) is 1. The first kappa shape index (κ1) is 20.4. The van der Waals surface area contributed by atoms with Gasteiger partial charge >= 0.3 is 47.8 Å². The molecule has 0 aromatic carbocycles. The fourth-order valence-electron chi connectivity index (χ4n) is 0.684. The van der Waals surface area contributed by atoms with Gasteiger partial charge in [-0.2, -0.15) is 0 Å². The molecular weight excluding hydrogens is 421 g/mol. The van der Waals surface area contributed by atoms with Gasteiger partial charge in [-0.3, -0.25) is 0 Å². The number of aliphatic hydroxyl groups is 1. The van der Waals surface area contributed by atoms with Crippen LogP contribution >= 0.6 is 0 Å². The Labute approximate surface area is 118 Å². The average molecular weight is 427 g/mol.